The number of aryl methyl sites for hydroxylation is 1. The van der Waals surface area contributed by atoms with Gasteiger partial charge in [0, 0.05) is 17.2 Å². The van der Waals surface area contributed by atoms with Crippen molar-refractivity contribution >= 4 is 21.5 Å². The Morgan fingerprint density at radius 1 is 0.571 bits per heavy atom. The summed E-state index contributed by atoms with van der Waals surface area (Å²) >= 11 is 0. The second kappa shape index (κ2) is 10.5. The Morgan fingerprint density at radius 3 is 1.93 bits per heavy atom. The van der Waals surface area contributed by atoms with Crippen LogP contribution in [-0.4, -0.2) is 0 Å². The van der Waals surface area contributed by atoms with Gasteiger partial charge >= 0.3 is 6.11 Å². The van der Waals surface area contributed by atoms with Crippen molar-refractivity contribution in [2.24, 2.45) is 0 Å². The molecule has 0 N–H and O–H groups in total. The van der Waals surface area contributed by atoms with Crippen LogP contribution in [0.3, 0.4) is 0 Å². The first-order valence-corrected chi connectivity index (χ1v) is 12.2. The zero-order valence-electron chi connectivity index (χ0n) is 21.1. The van der Waals surface area contributed by atoms with Gasteiger partial charge in [0.1, 0.15) is 22.9 Å². The van der Waals surface area contributed by atoms with Crippen LogP contribution >= 0.6 is 0 Å². The van der Waals surface area contributed by atoms with Crippen LogP contribution in [0.25, 0.3) is 32.7 Å². The van der Waals surface area contributed by atoms with Crippen LogP contribution in [-0.2, 0) is 12.5 Å². The molecule has 5 aromatic rings. The van der Waals surface area contributed by atoms with Crippen molar-refractivity contribution in [1.82, 2.24) is 0 Å². The highest BCUT2D eigenvalue weighted by Crippen LogP contribution is 2.40. The minimum atomic E-state index is -4.74. The van der Waals surface area contributed by atoms with E-state index in [0.717, 1.165) is 6.07 Å². The van der Waals surface area contributed by atoms with E-state index in [1.165, 1.54) is 12.1 Å². The normalized spacial score (nSPS) is 12.0. The lowest BCUT2D eigenvalue weighted by Gasteiger charge is -2.20. The summed E-state index contributed by atoms with van der Waals surface area (Å²) in [6, 6.07) is 5.21. The molecule has 0 aliphatic rings. The number of benzene rings is 5. The zero-order chi connectivity index (χ0) is 30.7. The molecule has 5 aromatic carbocycles. The van der Waals surface area contributed by atoms with E-state index in [1.54, 1.807) is 6.92 Å². The van der Waals surface area contributed by atoms with E-state index in [4.69, 9.17) is 0 Å². The molecule has 0 heterocycles. The molecule has 1 nitrogen and oxygen atoms in total. The minimum absolute atomic E-state index is 0.105. The smallest absolute Gasteiger partial charge is 0.429 e. The van der Waals surface area contributed by atoms with Gasteiger partial charge in [-0.3, -0.25) is 0 Å². The first-order valence-electron chi connectivity index (χ1n) is 12.2. The first-order chi connectivity index (χ1) is 19.8. The van der Waals surface area contributed by atoms with E-state index in [0.29, 0.717) is 30.7 Å². The summed E-state index contributed by atoms with van der Waals surface area (Å²) in [5.41, 5.74) is -3.51. The highest BCUT2D eigenvalue weighted by molar-refractivity contribution is 5.89. The molecule has 0 radical (unpaired) electrons. The van der Waals surface area contributed by atoms with Crippen molar-refractivity contribution in [2.75, 3.05) is 0 Å². The largest absolute Gasteiger partial charge is 0.429 e. The summed E-state index contributed by atoms with van der Waals surface area (Å²) in [7, 11) is 0. The molecule has 42 heavy (non-hydrogen) atoms. The van der Waals surface area contributed by atoms with Crippen molar-refractivity contribution in [3.63, 3.8) is 0 Å². The van der Waals surface area contributed by atoms with E-state index in [-0.39, 0.29) is 23.4 Å². The third-order valence-electron chi connectivity index (χ3n) is 6.65. The Labute approximate surface area is 229 Å². The van der Waals surface area contributed by atoms with Gasteiger partial charge in [0.25, 0.3) is 0 Å². The molecule has 218 valence electrons. The summed E-state index contributed by atoms with van der Waals surface area (Å²) in [5.74, 6) is -17.2. The second-order valence-electron chi connectivity index (χ2n) is 9.34. The fraction of sp³-hybridized carbons (Fsp3) is 0.133. The van der Waals surface area contributed by atoms with Crippen molar-refractivity contribution in [2.45, 2.75) is 25.9 Å². The third-order valence-corrected chi connectivity index (χ3v) is 6.65. The fourth-order valence-electron chi connectivity index (χ4n) is 4.69. The monoisotopic (exact) mass is 600 g/mol. The molecule has 0 aromatic heterocycles. The van der Waals surface area contributed by atoms with Crippen LogP contribution in [0.15, 0.2) is 48.5 Å². The number of hydrogen-bond donors (Lipinski definition) is 0. The average molecular weight is 600 g/mol. The van der Waals surface area contributed by atoms with Gasteiger partial charge in [-0.2, -0.15) is 8.78 Å². The van der Waals surface area contributed by atoms with E-state index >= 15 is 4.39 Å². The van der Waals surface area contributed by atoms with Gasteiger partial charge in [0.2, 0.25) is 0 Å². The quantitative estimate of drug-likeness (QED) is 0.139. The summed E-state index contributed by atoms with van der Waals surface area (Å²) in [4.78, 5) is 0. The Morgan fingerprint density at radius 2 is 1.24 bits per heavy atom. The van der Waals surface area contributed by atoms with Gasteiger partial charge in [-0.1, -0.05) is 31.5 Å². The SMILES string of the molecule is CCCc1ccc2cc(-c3ccc(C(F)(F)Oc4cc(F)c5c(F)c(F)c(F)cc5c4)c(F)c3F)c(F)c(F)c2c1F. The topological polar surface area (TPSA) is 9.23 Å². The lowest BCUT2D eigenvalue weighted by molar-refractivity contribution is -0.187. The average Bonchev–Trinajstić information content (AvgIpc) is 2.91. The second-order valence-corrected chi connectivity index (χ2v) is 9.34. The summed E-state index contributed by atoms with van der Waals surface area (Å²) < 4.78 is 164. The molecule has 0 saturated heterocycles. The van der Waals surface area contributed by atoms with Crippen molar-refractivity contribution in [1.29, 1.82) is 0 Å². The predicted molar refractivity (Wildman–Crippen MR) is 131 cm³/mol. The molecular formula is C30H15F11O. The molecule has 0 aliphatic carbocycles. The van der Waals surface area contributed by atoms with Crippen LogP contribution < -0.4 is 4.74 Å². The van der Waals surface area contributed by atoms with Crippen molar-refractivity contribution in [3.8, 4) is 16.9 Å². The molecule has 0 bridgehead atoms. The first kappa shape index (κ1) is 29.2. The predicted octanol–water partition coefficient (Wildman–Crippen LogP) is 9.99. The molecule has 0 amide bonds. The molecule has 5 rings (SSSR count). The number of alkyl halides is 2. The Bertz CT molecular complexity index is 1900. The van der Waals surface area contributed by atoms with Crippen molar-refractivity contribution in [3.05, 3.63) is 112 Å². The number of fused-ring (bicyclic) bond motifs is 2. The molecule has 0 unspecified atom stereocenters. The third kappa shape index (κ3) is 4.68. The molecule has 0 spiro atoms. The number of rotatable bonds is 6. The van der Waals surface area contributed by atoms with Crippen molar-refractivity contribution < 1.29 is 53.0 Å². The van der Waals surface area contributed by atoms with E-state index < -0.39 is 97.1 Å². The maximum atomic E-state index is 15.1. The van der Waals surface area contributed by atoms with Gasteiger partial charge in [-0.25, -0.2) is 39.5 Å². The van der Waals surface area contributed by atoms with Crippen LogP contribution in [0.4, 0.5) is 48.3 Å². The molecular weight excluding hydrogens is 585 g/mol. The standard InChI is InChI=1S/C30H15F11O/c1-2-3-12-4-5-13-9-17(25(35)29(39)22(13)23(12)33)16-6-7-18(26(36)24(16)34)30(40,41)42-15-8-14-10-20(32)27(37)28(38)21(14)19(31)11-15/h4-11H,2-3H2,1H3. The van der Waals surface area contributed by atoms with Gasteiger partial charge in [-0.05, 0) is 47.0 Å². The van der Waals surface area contributed by atoms with E-state index in [1.807, 2.05) is 0 Å². The number of hydrogen-bond acceptors (Lipinski definition) is 1. The van der Waals surface area contributed by atoms with Gasteiger partial charge in [0.05, 0.1) is 10.8 Å². The van der Waals surface area contributed by atoms with Crippen LogP contribution in [0.1, 0.15) is 24.5 Å². The molecule has 12 heteroatoms. The Balaban J connectivity index is 1.56. The fourth-order valence-corrected chi connectivity index (χ4v) is 4.69. The molecule has 0 aliphatic heterocycles. The van der Waals surface area contributed by atoms with Gasteiger partial charge < -0.3 is 4.74 Å². The number of halogens is 11. The Hall–Kier alpha value is -4.35. The van der Waals surface area contributed by atoms with Crippen LogP contribution in [0, 0.1) is 52.4 Å². The van der Waals surface area contributed by atoms with Crippen LogP contribution in [0.2, 0.25) is 0 Å². The summed E-state index contributed by atoms with van der Waals surface area (Å²) in [6.07, 6.45) is -4.02. The Kier molecular flexibility index (Phi) is 7.28. The van der Waals surface area contributed by atoms with Gasteiger partial charge in [0.15, 0.2) is 40.7 Å². The summed E-state index contributed by atoms with van der Waals surface area (Å²) in [6.45, 7) is 1.74. The molecule has 0 saturated carbocycles. The maximum Gasteiger partial charge on any atom is 0.429 e. The lowest BCUT2D eigenvalue weighted by atomic mass is 9.96. The van der Waals surface area contributed by atoms with Gasteiger partial charge in [-0.15, -0.1) is 0 Å². The van der Waals surface area contributed by atoms with E-state index in [2.05, 4.69) is 4.74 Å². The summed E-state index contributed by atoms with van der Waals surface area (Å²) in [5, 5.41) is -2.71. The molecule has 0 atom stereocenters. The number of ether oxygens (including phenoxy) is 1. The lowest BCUT2D eigenvalue weighted by Crippen LogP contribution is -2.24. The highest BCUT2D eigenvalue weighted by atomic mass is 19.3. The maximum absolute atomic E-state index is 15.1. The van der Waals surface area contributed by atoms with E-state index in [9.17, 15) is 43.9 Å². The minimum Gasteiger partial charge on any atom is -0.429 e. The van der Waals surface area contributed by atoms with Crippen LogP contribution in [0.5, 0.6) is 5.75 Å². The highest BCUT2D eigenvalue weighted by Gasteiger charge is 2.40. The molecule has 0 fully saturated rings. The zero-order valence-corrected chi connectivity index (χ0v) is 21.1.